The Bertz CT molecular complexity index is 1400. The zero-order valence-electron chi connectivity index (χ0n) is 17.8. The molecule has 32 heavy (non-hydrogen) atoms. The average Bonchev–Trinajstić information content (AvgIpc) is 3.17. The number of aryl methyl sites for hydroxylation is 3. The lowest BCUT2D eigenvalue weighted by atomic mass is 10.1. The van der Waals surface area contributed by atoms with Crippen molar-refractivity contribution in [1.82, 2.24) is 24.5 Å². The van der Waals surface area contributed by atoms with Gasteiger partial charge in [0.1, 0.15) is 12.4 Å². The number of nitrogens with zero attached hydrogens (tertiary/aromatic N) is 4. The number of hydrogen-bond acceptors (Lipinski definition) is 6. The van der Waals surface area contributed by atoms with Crippen LogP contribution in [-0.2, 0) is 10.0 Å². The summed E-state index contributed by atoms with van der Waals surface area (Å²) in [7, 11) is -3.67. The molecule has 2 aromatic heterocycles. The van der Waals surface area contributed by atoms with Crippen LogP contribution in [0.25, 0.3) is 17.0 Å². The molecule has 1 N–H and O–H groups in total. The minimum Gasteiger partial charge on any atom is -0.475 e. The molecule has 4 rings (SSSR count). The third-order valence-electron chi connectivity index (χ3n) is 5.05. The Morgan fingerprint density at radius 3 is 2.56 bits per heavy atom. The van der Waals surface area contributed by atoms with Gasteiger partial charge in [-0.25, -0.2) is 17.5 Å². The lowest BCUT2D eigenvalue weighted by Crippen LogP contribution is -2.29. The second-order valence-electron chi connectivity index (χ2n) is 7.42. The van der Waals surface area contributed by atoms with Crippen LogP contribution in [0.5, 0.6) is 5.88 Å². The molecular formula is C22H22FN5O3S. The normalized spacial score (nSPS) is 11.8. The quantitative estimate of drug-likeness (QED) is 0.430. The van der Waals surface area contributed by atoms with Crippen molar-refractivity contribution in [3.8, 4) is 17.3 Å². The molecule has 2 heterocycles. The number of nitrogens with one attached hydrogen (secondary N) is 1. The highest BCUT2D eigenvalue weighted by Crippen LogP contribution is 2.21. The topological polar surface area (TPSA) is 98.5 Å². The maximum atomic E-state index is 13.6. The number of fused-ring (bicyclic) bond motifs is 1. The van der Waals surface area contributed by atoms with Crippen LogP contribution < -0.4 is 9.46 Å². The van der Waals surface area contributed by atoms with Crippen molar-refractivity contribution < 1.29 is 17.5 Å². The summed E-state index contributed by atoms with van der Waals surface area (Å²) in [4.78, 5) is 0.254. The highest BCUT2D eigenvalue weighted by molar-refractivity contribution is 7.89. The van der Waals surface area contributed by atoms with Crippen LogP contribution in [0.1, 0.15) is 16.7 Å². The molecule has 0 spiro atoms. The number of ether oxygens (including phenoxy) is 1. The molecule has 0 aliphatic carbocycles. The predicted molar refractivity (Wildman–Crippen MR) is 118 cm³/mol. The summed E-state index contributed by atoms with van der Waals surface area (Å²) in [5.41, 5.74) is 3.64. The van der Waals surface area contributed by atoms with Crippen LogP contribution in [0.3, 0.4) is 0 Å². The lowest BCUT2D eigenvalue weighted by molar-refractivity contribution is 0.306. The van der Waals surface area contributed by atoms with E-state index in [0.29, 0.717) is 22.6 Å². The van der Waals surface area contributed by atoms with E-state index >= 15 is 0 Å². The molecule has 10 heteroatoms. The molecule has 0 unspecified atom stereocenters. The van der Waals surface area contributed by atoms with E-state index in [1.807, 2.05) is 19.9 Å². The molecule has 0 atom stereocenters. The van der Waals surface area contributed by atoms with Gasteiger partial charge in [-0.1, -0.05) is 18.2 Å². The van der Waals surface area contributed by atoms with Crippen LogP contribution in [-0.4, -0.2) is 41.4 Å². The molecule has 0 bridgehead atoms. The van der Waals surface area contributed by atoms with E-state index in [0.717, 1.165) is 11.1 Å². The van der Waals surface area contributed by atoms with Gasteiger partial charge in [-0.2, -0.15) is 4.52 Å². The van der Waals surface area contributed by atoms with Gasteiger partial charge in [0, 0.05) is 18.2 Å². The first-order valence-corrected chi connectivity index (χ1v) is 11.4. The van der Waals surface area contributed by atoms with Gasteiger partial charge in [0.15, 0.2) is 11.5 Å². The number of benzene rings is 2. The largest absolute Gasteiger partial charge is 0.475 e. The van der Waals surface area contributed by atoms with Crippen molar-refractivity contribution >= 4 is 15.7 Å². The summed E-state index contributed by atoms with van der Waals surface area (Å²) in [6, 6.07) is 12.8. The summed E-state index contributed by atoms with van der Waals surface area (Å²) in [6.45, 7) is 5.72. The third-order valence-corrected chi connectivity index (χ3v) is 6.65. The summed E-state index contributed by atoms with van der Waals surface area (Å²) < 4.78 is 48.5. The zero-order chi connectivity index (χ0) is 22.9. The van der Waals surface area contributed by atoms with Crippen molar-refractivity contribution in [3.63, 3.8) is 0 Å². The second-order valence-corrected chi connectivity index (χ2v) is 9.16. The molecule has 0 saturated carbocycles. The third kappa shape index (κ3) is 4.46. The fraction of sp³-hybridized carbons (Fsp3) is 0.227. The SMILES string of the molecule is Cc1cc(C)c(S(=O)(=O)NCCOc2ccc3nnc(-c4cccc(F)c4)n3n2)cc1C. The first-order chi connectivity index (χ1) is 15.2. The molecule has 4 aromatic rings. The van der Waals surface area contributed by atoms with Gasteiger partial charge in [-0.3, -0.25) is 0 Å². The standard InChI is InChI=1S/C22H22FN5O3S/c1-14-11-16(3)19(12-15(14)2)32(29,30)24-9-10-31-21-8-7-20-25-26-22(28(20)27-21)17-5-4-6-18(23)13-17/h4-8,11-13,24H,9-10H2,1-3H3. The summed E-state index contributed by atoms with van der Waals surface area (Å²) in [5.74, 6) is 0.241. The minimum atomic E-state index is -3.67. The van der Waals surface area contributed by atoms with E-state index < -0.39 is 15.8 Å². The number of hydrogen-bond donors (Lipinski definition) is 1. The summed E-state index contributed by atoms with van der Waals surface area (Å²) in [6.07, 6.45) is 0. The van der Waals surface area contributed by atoms with Crippen molar-refractivity contribution in [2.24, 2.45) is 0 Å². The molecular weight excluding hydrogens is 433 g/mol. The van der Waals surface area contributed by atoms with Crippen LogP contribution in [0.15, 0.2) is 53.4 Å². The van der Waals surface area contributed by atoms with Crippen molar-refractivity contribution in [2.75, 3.05) is 13.2 Å². The Morgan fingerprint density at radius 2 is 1.78 bits per heavy atom. The maximum absolute atomic E-state index is 13.6. The second kappa shape index (κ2) is 8.64. The predicted octanol–water partition coefficient (Wildman–Crippen LogP) is 3.21. The van der Waals surface area contributed by atoms with Crippen LogP contribution in [0, 0.1) is 26.6 Å². The first kappa shape index (κ1) is 21.8. The smallest absolute Gasteiger partial charge is 0.240 e. The van der Waals surface area contributed by atoms with Crippen LogP contribution in [0.4, 0.5) is 4.39 Å². The zero-order valence-corrected chi connectivity index (χ0v) is 18.6. The van der Waals surface area contributed by atoms with E-state index in [1.54, 1.807) is 37.3 Å². The van der Waals surface area contributed by atoms with Crippen molar-refractivity contribution in [3.05, 3.63) is 71.0 Å². The molecule has 0 aliphatic heterocycles. The minimum absolute atomic E-state index is 0.0628. The molecule has 0 radical (unpaired) electrons. The fourth-order valence-corrected chi connectivity index (χ4v) is 4.61. The summed E-state index contributed by atoms with van der Waals surface area (Å²) in [5, 5.41) is 12.4. The van der Waals surface area contributed by atoms with E-state index in [4.69, 9.17) is 4.74 Å². The monoisotopic (exact) mass is 455 g/mol. The highest BCUT2D eigenvalue weighted by atomic mass is 32.2. The molecule has 166 valence electrons. The van der Waals surface area contributed by atoms with Gasteiger partial charge in [0.2, 0.25) is 15.9 Å². The molecule has 0 fully saturated rings. The van der Waals surface area contributed by atoms with Gasteiger partial charge in [-0.05, 0) is 61.7 Å². The Kier molecular flexibility index (Phi) is 5.90. The fourth-order valence-electron chi connectivity index (χ4n) is 3.29. The van der Waals surface area contributed by atoms with Gasteiger partial charge >= 0.3 is 0 Å². The Hall–Kier alpha value is -3.37. The number of sulfonamides is 1. The Labute approximate surface area is 185 Å². The number of aromatic nitrogens is 4. The van der Waals surface area contributed by atoms with Crippen LogP contribution in [0.2, 0.25) is 0 Å². The lowest BCUT2D eigenvalue weighted by Gasteiger charge is -2.12. The number of rotatable bonds is 7. The Balaban J connectivity index is 1.45. The van der Waals surface area contributed by atoms with Crippen LogP contribution >= 0.6 is 0 Å². The Morgan fingerprint density at radius 1 is 1.00 bits per heavy atom. The maximum Gasteiger partial charge on any atom is 0.240 e. The summed E-state index contributed by atoms with van der Waals surface area (Å²) >= 11 is 0. The average molecular weight is 456 g/mol. The molecule has 2 aromatic carbocycles. The van der Waals surface area contributed by atoms with E-state index in [2.05, 4.69) is 20.0 Å². The van der Waals surface area contributed by atoms with E-state index in [9.17, 15) is 12.8 Å². The van der Waals surface area contributed by atoms with Gasteiger partial charge in [-0.15, -0.1) is 15.3 Å². The number of halogens is 1. The van der Waals surface area contributed by atoms with Crippen molar-refractivity contribution in [1.29, 1.82) is 0 Å². The molecule has 8 nitrogen and oxygen atoms in total. The molecule has 0 saturated heterocycles. The van der Waals surface area contributed by atoms with Gasteiger partial charge in [0.05, 0.1) is 4.90 Å². The van der Waals surface area contributed by atoms with Crippen molar-refractivity contribution in [2.45, 2.75) is 25.7 Å². The van der Waals surface area contributed by atoms with Gasteiger partial charge < -0.3 is 4.74 Å². The molecule has 0 amide bonds. The first-order valence-electron chi connectivity index (χ1n) is 9.93. The highest BCUT2D eigenvalue weighted by Gasteiger charge is 2.17. The van der Waals surface area contributed by atoms with E-state index in [1.165, 1.54) is 16.6 Å². The van der Waals surface area contributed by atoms with E-state index in [-0.39, 0.29) is 23.9 Å². The van der Waals surface area contributed by atoms with Gasteiger partial charge in [0.25, 0.3) is 0 Å². The molecule has 0 aliphatic rings.